The average molecular weight is 342 g/mol. The molecule has 0 bridgehead atoms. The highest BCUT2D eigenvalue weighted by atomic mass is 17.2. The van der Waals surface area contributed by atoms with Crippen LogP contribution in [0.2, 0.25) is 0 Å². The minimum atomic E-state index is -1.18. The second-order valence-electron chi connectivity index (χ2n) is 4.60. The maximum atomic E-state index is 11.3. The SMILES string of the molecule is C=CC(=O)OCC(COOCC)(COC(=O)C=C)COC(=O)C=C. The van der Waals surface area contributed by atoms with E-state index in [0.29, 0.717) is 0 Å². The van der Waals surface area contributed by atoms with Gasteiger partial charge in [0.05, 0.1) is 18.6 Å². The van der Waals surface area contributed by atoms with E-state index in [1.54, 1.807) is 6.92 Å². The molecule has 24 heavy (non-hydrogen) atoms. The Balaban J connectivity index is 5.16. The van der Waals surface area contributed by atoms with Crippen molar-refractivity contribution in [2.75, 3.05) is 33.0 Å². The van der Waals surface area contributed by atoms with Crippen molar-refractivity contribution in [3.8, 4) is 0 Å². The summed E-state index contributed by atoms with van der Waals surface area (Å²) in [5.41, 5.74) is -1.18. The van der Waals surface area contributed by atoms with E-state index in [2.05, 4.69) is 19.7 Å². The van der Waals surface area contributed by atoms with E-state index in [-0.39, 0.29) is 33.0 Å². The molecule has 0 aliphatic heterocycles. The van der Waals surface area contributed by atoms with E-state index in [9.17, 15) is 14.4 Å². The van der Waals surface area contributed by atoms with E-state index >= 15 is 0 Å². The first-order valence-electron chi connectivity index (χ1n) is 7.05. The number of carbonyl (C=O) groups is 3. The number of hydrogen-bond acceptors (Lipinski definition) is 8. The molecule has 8 heteroatoms. The van der Waals surface area contributed by atoms with E-state index in [0.717, 1.165) is 18.2 Å². The molecule has 0 aromatic carbocycles. The summed E-state index contributed by atoms with van der Waals surface area (Å²) >= 11 is 0. The highest BCUT2D eigenvalue weighted by molar-refractivity contribution is 5.82. The van der Waals surface area contributed by atoms with Gasteiger partial charge in [-0.25, -0.2) is 24.2 Å². The molecule has 0 aromatic heterocycles. The Morgan fingerprint density at radius 2 is 1.12 bits per heavy atom. The molecule has 0 saturated carbocycles. The van der Waals surface area contributed by atoms with Crippen LogP contribution in [0.4, 0.5) is 0 Å². The van der Waals surface area contributed by atoms with Gasteiger partial charge < -0.3 is 14.2 Å². The lowest BCUT2D eigenvalue weighted by molar-refractivity contribution is -0.313. The van der Waals surface area contributed by atoms with Crippen LogP contribution >= 0.6 is 0 Å². The largest absolute Gasteiger partial charge is 0.462 e. The molecule has 0 unspecified atom stereocenters. The van der Waals surface area contributed by atoms with Crippen molar-refractivity contribution in [2.24, 2.45) is 5.41 Å². The van der Waals surface area contributed by atoms with Crippen molar-refractivity contribution in [1.29, 1.82) is 0 Å². The van der Waals surface area contributed by atoms with Crippen molar-refractivity contribution in [3.05, 3.63) is 38.0 Å². The maximum Gasteiger partial charge on any atom is 0.330 e. The van der Waals surface area contributed by atoms with E-state index < -0.39 is 23.3 Å². The van der Waals surface area contributed by atoms with Gasteiger partial charge in [0.25, 0.3) is 0 Å². The van der Waals surface area contributed by atoms with Gasteiger partial charge in [0.2, 0.25) is 0 Å². The molecule has 0 amide bonds. The number of esters is 3. The third-order valence-corrected chi connectivity index (χ3v) is 2.63. The second-order valence-corrected chi connectivity index (χ2v) is 4.60. The number of hydrogen-bond donors (Lipinski definition) is 0. The fraction of sp³-hybridized carbons (Fsp3) is 0.438. The molecule has 134 valence electrons. The van der Waals surface area contributed by atoms with Crippen LogP contribution in [0.5, 0.6) is 0 Å². The summed E-state index contributed by atoms with van der Waals surface area (Å²) in [6, 6.07) is 0. The lowest BCUT2D eigenvalue weighted by Gasteiger charge is -2.30. The average Bonchev–Trinajstić information content (AvgIpc) is 2.61. The molecule has 0 saturated heterocycles. The summed E-state index contributed by atoms with van der Waals surface area (Å²) in [7, 11) is 0. The molecular weight excluding hydrogens is 320 g/mol. The van der Waals surface area contributed by atoms with Crippen LogP contribution in [0.1, 0.15) is 6.92 Å². The van der Waals surface area contributed by atoms with Crippen LogP contribution in [0.3, 0.4) is 0 Å². The molecular formula is C16H22O8. The Hall–Kier alpha value is -2.45. The summed E-state index contributed by atoms with van der Waals surface area (Å²) in [6.45, 7) is 10.9. The molecule has 0 N–H and O–H groups in total. The summed E-state index contributed by atoms with van der Waals surface area (Å²) in [5.74, 6) is -2.08. The number of ether oxygens (including phenoxy) is 3. The summed E-state index contributed by atoms with van der Waals surface area (Å²) in [4.78, 5) is 43.8. The quantitative estimate of drug-likeness (QED) is 0.123. The standard InChI is InChI=1S/C16H22O8/c1-5-13(17)20-9-16(12-24-23-8-4,10-21-14(18)6-2)11-22-15(19)7-3/h5-7H,1-3,8-12H2,4H3. The smallest absolute Gasteiger partial charge is 0.330 e. The van der Waals surface area contributed by atoms with Gasteiger partial charge >= 0.3 is 17.9 Å². The summed E-state index contributed by atoms with van der Waals surface area (Å²) < 4.78 is 15.0. The topological polar surface area (TPSA) is 97.4 Å². The van der Waals surface area contributed by atoms with E-state index in [1.165, 1.54) is 0 Å². The number of carbonyl (C=O) groups excluding carboxylic acids is 3. The van der Waals surface area contributed by atoms with Gasteiger partial charge in [0.1, 0.15) is 19.8 Å². The van der Waals surface area contributed by atoms with E-state index in [4.69, 9.17) is 24.0 Å². The Morgan fingerprint density at radius 1 is 0.750 bits per heavy atom. The van der Waals surface area contributed by atoms with Gasteiger partial charge in [-0.15, -0.1) is 0 Å². The van der Waals surface area contributed by atoms with Gasteiger partial charge in [-0.3, -0.25) is 0 Å². The molecule has 0 aliphatic rings. The molecule has 0 radical (unpaired) electrons. The first-order valence-corrected chi connectivity index (χ1v) is 7.05. The van der Waals surface area contributed by atoms with E-state index in [1.807, 2.05) is 0 Å². The van der Waals surface area contributed by atoms with Crippen molar-refractivity contribution < 1.29 is 38.4 Å². The Kier molecular flexibility index (Phi) is 10.8. The van der Waals surface area contributed by atoms with Gasteiger partial charge in [-0.1, -0.05) is 19.7 Å². The molecule has 0 aromatic rings. The lowest BCUT2D eigenvalue weighted by Crippen LogP contribution is -2.43. The Bertz CT molecular complexity index is 409. The van der Waals surface area contributed by atoms with Gasteiger partial charge in [0.15, 0.2) is 0 Å². The molecule has 8 nitrogen and oxygen atoms in total. The Morgan fingerprint density at radius 3 is 1.42 bits per heavy atom. The molecule has 0 rings (SSSR count). The van der Waals surface area contributed by atoms with Gasteiger partial charge in [0, 0.05) is 18.2 Å². The highest BCUT2D eigenvalue weighted by Gasteiger charge is 2.36. The van der Waals surface area contributed by atoms with Crippen LogP contribution in [-0.2, 0) is 38.4 Å². The lowest BCUT2D eigenvalue weighted by atomic mass is 9.92. The minimum absolute atomic E-state index is 0.167. The Labute approximate surface area is 140 Å². The minimum Gasteiger partial charge on any atom is -0.462 e. The fourth-order valence-electron chi connectivity index (χ4n) is 1.35. The molecule has 0 spiro atoms. The monoisotopic (exact) mass is 342 g/mol. The highest BCUT2D eigenvalue weighted by Crippen LogP contribution is 2.21. The second kappa shape index (κ2) is 12.0. The summed E-state index contributed by atoms with van der Waals surface area (Å²) in [5, 5.41) is 0. The normalized spacial score (nSPS) is 10.4. The zero-order valence-electron chi connectivity index (χ0n) is 13.7. The van der Waals surface area contributed by atoms with Crippen molar-refractivity contribution in [1.82, 2.24) is 0 Å². The first kappa shape index (κ1) is 21.6. The molecule has 0 atom stereocenters. The van der Waals surface area contributed by atoms with Crippen LogP contribution in [0, 0.1) is 5.41 Å². The van der Waals surface area contributed by atoms with Crippen LogP contribution in [0.15, 0.2) is 38.0 Å². The predicted octanol–water partition coefficient (Wildman–Crippen LogP) is 1.13. The van der Waals surface area contributed by atoms with Crippen LogP contribution in [0.25, 0.3) is 0 Å². The molecule has 0 heterocycles. The number of rotatable bonds is 13. The van der Waals surface area contributed by atoms with Crippen LogP contribution in [-0.4, -0.2) is 50.9 Å². The third-order valence-electron chi connectivity index (χ3n) is 2.63. The summed E-state index contributed by atoms with van der Waals surface area (Å²) in [6.07, 6.45) is 2.92. The first-order chi connectivity index (χ1) is 11.4. The maximum absolute atomic E-state index is 11.3. The molecule has 0 fully saturated rings. The zero-order valence-corrected chi connectivity index (χ0v) is 13.7. The molecule has 0 aliphatic carbocycles. The van der Waals surface area contributed by atoms with Crippen molar-refractivity contribution >= 4 is 17.9 Å². The van der Waals surface area contributed by atoms with Gasteiger partial charge in [-0.2, -0.15) is 0 Å². The van der Waals surface area contributed by atoms with Crippen molar-refractivity contribution in [3.63, 3.8) is 0 Å². The van der Waals surface area contributed by atoms with Crippen molar-refractivity contribution in [2.45, 2.75) is 6.92 Å². The fourth-order valence-corrected chi connectivity index (χ4v) is 1.35. The third kappa shape index (κ3) is 8.86. The van der Waals surface area contributed by atoms with Gasteiger partial charge in [-0.05, 0) is 6.92 Å². The predicted molar refractivity (Wildman–Crippen MR) is 83.5 cm³/mol. The zero-order chi connectivity index (χ0) is 18.4. The van der Waals surface area contributed by atoms with Crippen LogP contribution < -0.4 is 0 Å².